The van der Waals surface area contributed by atoms with Crippen molar-refractivity contribution >= 4 is 11.8 Å². The normalized spacial score (nSPS) is 10.5. The molecule has 0 fully saturated rings. The lowest BCUT2D eigenvalue weighted by Gasteiger charge is -1.99. The number of hydrogen-bond donors (Lipinski definition) is 0. The highest BCUT2D eigenvalue weighted by atomic mass is 32.2. The molecule has 0 aliphatic rings. The Morgan fingerprint density at radius 2 is 1.81 bits per heavy atom. The Labute approximate surface area is 128 Å². The van der Waals surface area contributed by atoms with Crippen molar-refractivity contribution in [2.75, 3.05) is 7.11 Å². The van der Waals surface area contributed by atoms with Gasteiger partial charge in [0.15, 0.2) is 0 Å². The summed E-state index contributed by atoms with van der Waals surface area (Å²) in [6, 6.07) is 18.0. The van der Waals surface area contributed by atoms with Gasteiger partial charge in [0.05, 0.1) is 7.11 Å². The summed E-state index contributed by atoms with van der Waals surface area (Å²) in [7, 11) is 1.65. The number of ether oxygens (including phenoxy) is 1. The van der Waals surface area contributed by atoms with Crippen molar-refractivity contribution in [3.8, 4) is 17.2 Å². The molecule has 2 aromatic carbocycles. The first kappa shape index (κ1) is 13.8. The van der Waals surface area contributed by atoms with Gasteiger partial charge in [-0.25, -0.2) is 4.98 Å². The first-order valence-corrected chi connectivity index (χ1v) is 7.60. The Balaban J connectivity index is 1.68. The van der Waals surface area contributed by atoms with E-state index >= 15 is 0 Å². The van der Waals surface area contributed by atoms with E-state index in [0.717, 1.165) is 22.1 Å². The van der Waals surface area contributed by atoms with Gasteiger partial charge in [-0.3, -0.25) is 0 Å². The first-order chi connectivity index (χ1) is 10.3. The maximum atomic E-state index is 5.54. The summed E-state index contributed by atoms with van der Waals surface area (Å²) in [4.78, 5) is 4.51. The third kappa shape index (κ3) is 3.47. The van der Waals surface area contributed by atoms with Crippen LogP contribution in [0.4, 0.5) is 0 Å². The highest BCUT2D eigenvalue weighted by Crippen LogP contribution is 2.27. The molecule has 0 saturated carbocycles. The fourth-order valence-electron chi connectivity index (χ4n) is 1.92. The minimum atomic E-state index is 0.633. The van der Waals surface area contributed by atoms with Crippen LogP contribution < -0.4 is 4.74 Å². The second-order valence-corrected chi connectivity index (χ2v) is 5.49. The Morgan fingerprint density at radius 1 is 1.05 bits per heavy atom. The average Bonchev–Trinajstić information content (AvgIpc) is 3.03. The van der Waals surface area contributed by atoms with Gasteiger partial charge in [0.25, 0.3) is 0 Å². The van der Waals surface area contributed by atoms with E-state index in [1.165, 1.54) is 5.56 Å². The van der Waals surface area contributed by atoms with E-state index in [1.54, 1.807) is 25.1 Å². The molecule has 1 aromatic heterocycles. The molecule has 0 saturated heterocycles. The topological polar surface area (TPSA) is 35.3 Å². The van der Waals surface area contributed by atoms with Crippen LogP contribution in [0.25, 0.3) is 11.5 Å². The molecular weight excluding hydrogens is 282 g/mol. The van der Waals surface area contributed by atoms with E-state index in [0.29, 0.717) is 5.89 Å². The van der Waals surface area contributed by atoms with Crippen LogP contribution in [0, 0.1) is 0 Å². The van der Waals surface area contributed by atoms with Gasteiger partial charge in [-0.1, -0.05) is 42.1 Å². The quantitative estimate of drug-likeness (QED) is 0.642. The molecule has 21 heavy (non-hydrogen) atoms. The summed E-state index contributed by atoms with van der Waals surface area (Å²) in [6.45, 7) is 0. The van der Waals surface area contributed by atoms with Crippen LogP contribution in [0.1, 0.15) is 5.56 Å². The number of benzene rings is 2. The predicted molar refractivity (Wildman–Crippen MR) is 84.5 cm³/mol. The molecule has 3 aromatic rings. The van der Waals surface area contributed by atoms with E-state index in [-0.39, 0.29) is 0 Å². The predicted octanol–water partition coefficient (Wildman–Crippen LogP) is 4.64. The Kier molecular flexibility index (Phi) is 4.26. The van der Waals surface area contributed by atoms with Crippen LogP contribution in [-0.4, -0.2) is 12.1 Å². The number of hydrogen-bond acceptors (Lipinski definition) is 4. The minimum Gasteiger partial charge on any atom is -0.497 e. The van der Waals surface area contributed by atoms with Crippen LogP contribution in [0.2, 0.25) is 0 Å². The Hall–Kier alpha value is -2.20. The largest absolute Gasteiger partial charge is 0.497 e. The number of methoxy groups -OCH3 is 1. The van der Waals surface area contributed by atoms with E-state index in [4.69, 9.17) is 9.15 Å². The van der Waals surface area contributed by atoms with E-state index in [9.17, 15) is 0 Å². The smallest absolute Gasteiger partial charge is 0.227 e. The van der Waals surface area contributed by atoms with Crippen molar-refractivity contribution in [2.24, 2.45) is 0 Å². The van der Waals surface area contributed by atoms with Crippen molar-refractivity contribution in [1.29, 1.82) is 0 Å². The minimum absolute atomic E-state index is 0.633. The highest BCUT2D eigenvalue weighted by Gasteiger charge is 2.07. The Bertz CT molecular complexity index is 692. The van der Waals surface area contributed by atoms with Gasteiger partial charge in [0.1, 0.15) is 17.0 Å². The van der Waals surface area contributed by atoms with Gasteiger partial charge in [-0.05, 0) is 29.8 Å². The second kappa shape index (κ2) is 6.50. The van der Waals surface area contributed by atoms with Gasteiger partial charge >= 0.3 is 0 Å². The zero-order valence-electron chi connectivity index (χ0n) is 11.7. The molecule has 0 spiro atoms. The lowest BCUT2D eigenvalue weighted by Crippen LogP contribution is -1.83. The van der Waals surface area contributed by atoms with Crippen LogP contribution in [0.5, 0.6) is 5.75 Å². The summed E-state index contributed by atoms with van der Waals surface area (Å²) < 4.78 is 10.7. The van der Waals surface area contributed by atoms with Gasteiger partial charge in [0.2, 0.25) is 5.89 Å². The molecule has 0 amide bonds. The first-order valence-electron chi connectivity index (χ1n) is 6.62. The zero-order valence-corrected chi connectivity index (χ0v) is 12.5. The zero-order chi connectivity index (χ0) is 14.5. The highest BCUT2D eigenvalue weighted by molar-refractivity contribution is 7.98. The van der Waals surface area contributed by atoms with Crippen LogP contribution in [-0.2, 0) is 5.75 Å². The van der Waals surface area contributed by atoms with E-state index in [2.05, 4.69) is 17.1 Å². The lowest BCUT2D eigenvalue weighted by molar-refractivity contribution is 0.415. The SMILES string of the molecule is COc1ccc(-c2nc(SCc3ccccc3)co2)cc1. The molecule has 106 valence electrons. The van der Waals surface area contributed by atoms with Crippen LogP contribution in [0.15, 0.2) is 70.3 Å². The summed E-state index contributed by atoms with van der Waals surface area (Å²) >= 11 is 1.67. The molecule has 0 aliphatic carbocycles. The average molecular weight is 297 g/mol. The van der Waals surface area contributed by atoms with Crippen molar-refractivity contribution < 1.29 is 9.15 Å². The molecule has 0 N–H and O–H groups in total. The summed E-state index contributed by atoms with van der Waals surface area (Å²) in [6.07, 6.45) is 1.70. The van der Waals surface area contributed by atoms with Crippen molar-refractivity contribution in [3.05, 3.63) is 66.4 Å². The summed E-state index contributed by atoms with van der Waals surface area (Å²) in [5.41, 5.74) is 2.22. The van der Waals surface area contributed by atoms with Gasteiger partial charge in [0, 0.05) is 11.3 Å². The molecule has 0 unspecified atom stereocenters. The van der Waals surface area contributed by atoms with Crippen LogP contribution >= 0.6 is 11.8 Å². The molecule has 0 bridgehead atoms. The van der Waals surface area contributed by atoms with E-state index < -0.39 is 0 Å². The van der Waals surface area contributed by atoms with Gasteiger partial charge < -0.3 is 9.15 Å². The Morgan fingerprint density at radius 3 is 2.52 bits per heavy atom. The summed E-state index contributed by atoms with van der Waals surface area (Å²) in [5.74, 6) is 2.34. The van der Waals surface area contributed by atoms with E-state index in [1.807, 2.05) is 42.5 Å². The number of oxazole rings is 1. The fourth-order valence-corrected chi connectivity index (χ4v) is 2.69. The molecular formula is C17H15NO2S. The van der Waals surface area contributed by atoms with Crippen molar-refractivity contribution in [2.45, 2.75) is 10.8 Å². The number of thioether (sulfide) groups is 1. The van der Waals surface area contributed by atoms with Crippen molar-refractivity contribution in [1.82, 2.24) is 4.98 Å². The number of nitrogens with zero attached hydrogens (tertiary/aromatic N) is 1. The maximum Gasteiger partial charge on any atom is 0.227 e. The monoisotopic (exact) mass is 297 g/mol. The van der Waals surface area contributed by atoms with Gasteiger partial charge in [-0.15, -0.1) is 0 Å². The maximum absolute atomic E-state index is 5.54. The third-order valence-corrected chi connectivity index (χ3v) is 4.01. The molecule has 3 rings (SSSR count). The molecule has 1 heterocycles. The summed E-state index contributed by atoms with van der Waals surface area (Å²) in [5, 5.41) is 0.893. The number of rotatable bonds is 5. The molecule has 0 atom stereocenters. The van der Waals surface area contributed by atoms with Crippen LogP contribution in [0.3, 0.4) is 0 Å². The fraction of sp³-hybridized carbons (Fsp3) is 0.118. The lowest BCUT2D eigenvalue weighted by atomic mass is 10.2. The number of aromatic nitrogens is 1. The molecule has 3 nitrogen and oxygen atoms in total. The molecule has 4 heteroatoms. The van der Waals surface area contributed by atoms with Gasteiger partial charge in [-0.2, -0.15) is 0 Å². The second-order valence-electron chi connectivity index (χ2n) is 4.49. The van der Waals surface area contributed by atoms with Crippen molar-refractivity contribution in [3.63, 3.8) is 0 Å². The molecule has 0 aliphatic heterocycles. The standard InChI is InChI=1S/C17H15NO2S/c1-19-15-9-7-14(8-10-15)17-18-16(11-20-17)21-12-13-5-3-2-4-6-13/h2-11H,12H2,1H3. The third-order valence-electron chi connectivity index (χ3n) is 3.05. The molecule has 0 radical (unpaired) electrons.